The topological polar surface area (TPSA) is 59.5 Å². The van der Waals surface area contributed by atoms with Gasteiger partial charge in [-0.15, -0.1) is 0 Å². The van der Waals surface area contributed by atoms with Crippen molar-refractivity contribution in [3.63, 3.8) is 0 Å². The maximum atomic E-state index is 12.1. The van der Waals surface area contributed by atoms with Crippen LogP contribution >= 0.6 is 0 Å². The van der Waals surface area contributed by atoms with Crippen molar-refractivity contribution < 1.29 is 9.21 Å². The fraction of sp³-hybridized carbons (Fsp3) is 0.357. The zero-order valence-electron chi connectivity index (χ0n) is 10.8. The molecular weight excluding hydrogens is 228 g/mol. The van der Waals surface area contributed by atoms with Gasteiger partial charge in [0.1, 0.15) is 5.58 Å². The molecule has 4 heteroatoms. The molecule has 2 aromatic rings. The lowest BCUT2D eigenvalue weighted by molar-refractivity contribution is 0.0764. The predicted molar refractivity (Wildman–Crippen MR) is 72.5 cm³/mol. The van der Waals surface area contributed by atoms with Gasteiger partial charge in [-0.3, -0.25) is 4.79 Å². The molecule has 0 aliphatic heterocycles. The van der Waals surface area contributed by atoms with E-state index in [1.807, 2.05) is 6.07 Å². The molecular formula is C14H18N2O2. The molecule has 0 aliphatic rings. The first-order valence-corrected chi connectivity index (χ1v) is 6.16. The average molecular weight is 246 g/mol. The summed E-state index contributed by atoms with van der Waals surface area (Å²) in [7, 11) is 1.79. The Bertz CT molecular complexity index is 560. The zero-order chi connectivity index (χ0) is 13.1. The van der Waals surface area contributed by atoms with Crippen LogP contribution in [0.1, 0.15) is 30.3 Å². The molecule has 0 radical (unpaired) electrons. The molecule has 18 heavy (non-hydrogen) atoms. The zero-order valence-corrected chi connectivity index (χ0v) is 10.8. The lowest BCUT2D eigenvalue weighted by Crippen LogP contribution is -2.27. The Kier molecular flexibility index (Phi) is 3.55. The summed E-state index contributed by atoms with van der Waals surface area (Å²) in [6.45, 7) is 2.84. The first-order valence-electron chi connectivity index (χ1n) is 6.16. The third-order valence-electron chi connectivity index (χ3n) is 2.94. The van der Waals surface area contributed by atoms with Gasteiger partial charge in [-0.2, -0.15) is 0 Å². The first kappa shape index (κ1) is 12.5. The van der Waals surface area contributed by atoms with Crippen molar-refractivity contribution in [3.8, 4) is 0 Å². The quantitative estimate of drug-likeness (QED) is 0.844. The third kappa shape index (κ3) is 2.47. The minimum absolute atomic E-state index is 0.0850. The number of carbonyl (C=O) groups is 1. The maximum absolute atomic E-state index is 12.1. The van der Waals surface area contributed by atoms with E-state index >= 15 is 0 Å². The number of rotatable bonds is 4. The standard InChI is InChI=1S/C14H18N2O2/c1-3-4-7-16(2)14(17)13-9-10-8-11(15)5-6-12(10)18-13/h5-6,8-9H,3-4,7,15H2,1-2H3. The largest absolute Gasteiger partial charge is 0.451 e. The molecule has 0 spiro atoms. The van der Waals surface area contributed by atoms with Crippen LogP contribution in [0.15, 0.2) is 28.7 Å². The van der Waals surface area contributed by atoms with E-state index < -0.39 is 0 Å². The summed E-state index contributed by atoms with van der Waals surface area (Å²) in [6.07, 6.45) is 2.06. The van der Waals surface area contributed by atoms with E-state index in [9.17, 15) is 4.79 Å². The van der Waals surface area contributed by atoms with Gasteiger partial charge in [0.25, 0.3) is 5.91 Å². The number of amides is 1. The molecule has 0 saturated heterocycles. The van der Waals surface area contributed by atoms with Crippen LogP contribution in [0.5, 0.6) is 0 Å². The second kappa shape index (κ2) is 5.12. The number of fused-ring (bicyclic) bond motifs is 1. The molecule has 2 rings (SSSR count). The van der Waals surface area contributed by atoms with E-state index in [2.05, 4.69) is 6.92 Å². The van der Waals surface area contributed by atoms with Crippen LogP contribution in [0, 0.1) is 0 Å². The molecule has 4 nitrogen and oxygen atoms in total. The van der Waals surface area contributed by atoms with Crippen molar-refractivity contribution in [2.24, 2.45) is 0 Å². The van der Waals surface area contributed by atoms with Gasteiger partial charge in [0, 0.05) is 24.7 Å². The fourth-order valence-electron chi connectivity index (χ4n) is 1.85. The van der Waals surface area contributed by atoms with Gasteiger partial charge in [-0.05, 0) is 30.7 Å². The van der Waals surface area contributed by atoms with E-state index in [-0.39, 0.29) is 5.91 Å². The average Bonchev–Trinajstić information content (AvgIpc) is 2.77. The van der Waals surface area contributed by atoms with E-state index in [0.717, 1.165) is 24.8 Å². The van der Waals surface area contributed by atoms with Crippen molar-refractivity contribution in [3.05, 3.63) is 30.0 Å². The van der Waals surface area contributed by atoms with Crippen LogP contribution in [-0.2, 0) is 0 Å². The molecule has 1 aromatic heterocycles. The number of hydrogen-bond donors (Lipinski definition) is 1. The Labute approximate surface area is 106 Å². The van der Waals surface area contributed by atoms with E-state index in [4.69, 9.17) is 10.2 Å². The lowest BCUT2D eigenvalue weighted by Gasteiger charge is -2.14. The summed E-state index contributed by atoms with van der Waals surface area (Å²) in [5.74, 6) is 0.285. The highest BCUT2D eigenvalue weighted by Gasteiger charge is 2.16. The summed E-state index contributed by atoms with van der Waals surface area (Å²) in [5.41, 5.74) is 7.06. The minimum atomic E-state index is -0.0850. The summed E-state index contributed by atoms with van der Waals surface area (Å²) in [5, 5.41) is 0.863. The van der Waals surface area contributed by atoms with Crippen molar-refractivity contribution in [1.29, 1.82) is 0 Å². The van der Waals surface area contributed by atoms with E-state index in [0.29, 0.717) is 17.0 Å². The van der Waals surface area contributed by atoms with E-state index in [1.165, 1.54) is 0 Å². The Hall–Kier alpha value is -1.97. The molecule has 0 unspecified atom stereocenters. The molecule has 0 bridgehead atoms. The molecule has 0 saturated carbocycles. The van der Waals surface area contributed by atoms with Crippen LogP contribution in [0.3, 0.4) is 0 Å². The second-order valence-electron chi connectivity index (χ2n) is 4.49. The SMILES string of the molecule is CCCCN(C)C(=O)c1cc2cc(N)ccc2o1. The summed E-state index contributed by atoms with van der Waals surface area (Å²) in [6, 6.07) is 7.10. The van der Waals surface area contributed by atoms with Crippen LogP contribution < -0.4 is 5.73 Å². The van der Waals surface area contributed by atoms with Crippen molar-refractivity contribution in [1.82, 2.24) is 4.90 Å². The molecule has 1 aromatic carbocycles. The lowest BCUT2D eigenvalue weighted by atomic mass is 10.2. The van der Waals surface area contributed by atoms with E-state index in [1.54, 1.807) is 30.1 Å². The summed E-state index contributed by atoms with van der Waals surface area (Å²) < 4.78 is 5.54. The van der Waals surface area contributed by atoms with Crippen LogP contribution in [-0.4, -0.2) is 24.4 Å². The summed E-state index contributed by atoms with van der Waals surface area (Å²) >= 11 is 0. The number of nitrogen functional groups attached to an aromatic ring is 1. The molecule has 0 atom stereocenters. The van der Waals surface area contributed by atoms with Crippen LogP contribution in [0.25, 0.3) is 11.0 Å². The van der Waals surface area contributed by atoms with Gasteiger partial charge >= 0.3 is 0 Å². The highest BCUT2D eigenvalue weighted by atomic mass is 16.3. The number of unbranched alkanes of at least 4 members (excludes halogenated alkanes) is 1. The monoisotopic (exact) mass is 246 g/mol. The Morgan fingerprint density at radius 1 is 1.39 bits per heavy atom. The van der Waals surface area contributed by atoms with Crippen molar-refractivity contribution >= 4 is 22.6 Å². The van der Waals surface area contributed by atoms with Gasteiger partial charge < -0.3 is 15.1 Å². The van der Waals surface area contributed by atoms with Gasteiger partial charge in [0.2, 0.25) is 0 Å². The van der Waals surface area contributed by atoms with Crippen LogP contribution in [0.2, 0.25) is 0 Å². The summed E-state index contributed by atoms with van der Waals surface area (Å²) in [4.78, 5) is 13.8. The predicted octanol–water partition coefficient (Wildman–Crippen LogP) is 2.89. The molecule has 1 heterocycles. The smallest absolute Gasteiger partial charge is 0.289 e. The number of hydrogen-bond acceptors (Lipinski definition) is 3. The maximum Gasteiger partial charge on any atom is 0.289 e. The molecule has 96 valence electrons. The molecule has 2 N–H and O–H groups in total. The van der Waals surface area contributed by atoms with Gasteiger partial charge in [0.05, 0.1) is 0 Å². The van der Waals surface area contributed by atoms with Crippen molar-refractivity contribution in [2.75, 3.05) is 19.3 Å². The molecule has 0 aliphatic carbocycles. The Morgan fingerprint density at radius 3 is 2.89 bits per heavy atom. The highest BCUT2D eigenvalue weighted by Crippen LogP contribution is 2.22. The molecule has 0 fully saturated rings. The normalized spacial score (nSPS) is 10.8. The minimum Gasteiger partial charge on any atom is -0.451 e. The Balaban J connectivity index is 2.22. The number of benzene rings is 1. The van der Waals surface area contributed by atoms with Gasteiger partial charge in [0.15, 0.2) is 5.76 Å². The molecule has 1 amide bonds. The number of nitrogens with two attached hydrogens (primary N) is 1. The van der Waals surface area contributed by atoms with Crippen molar-refractivity contribution in [2.45, 2.75) is 19.8 Å². The fourth-order valence-corrected chi connectivity index (χ4v) is 1.85. The highest BCUT2D eigenvalue weighted by molar-refractivity contribution is 5.96. The number of carbonyl (C=O) groups excluding carboxylic acids is 1. The number of anilines is 1. The number of nitrogens with zero attached hydrogens (tertiary/aromatic N) is 1. The van der Waals surface area contributed by atoms with Crippen LogP contribution in [0.4, 0.5) is 5.69 Å². The van der Waals surface area contributed by atoms with Gasteiger partial charge in [-0.1, -0.05) is 13.3 Å². The Morgan fingerprint density at radius 2 is 2.17 bits per heavy atom. The van der Waals surface area contributed by atoms with Gasteiger partial charge in [-0.25, -0.2) is 0 Å². The second-order valence-corrected chi connectivity index (χ2v) is 4.49. The first-order chi connectivity index (χ1) is 8.61. The third-order valence-corrected chi connectivity index (χ3v) is 2.94. The number of furan rings is 1.